The lowest BCUT2D eigenvalue weighted by molar-refractivity contribution is -0.123. The summed E-state index contributed by atoms with van der Waals surface area (Å²) in [6.07, 6.45) is 2.84. The number of thioether (sulfide) groups is 1. The molecule has 3 rings (SSSR count). The Morgan fingerprint density at radius 1 is 1.04 bits per heavy atom. The number of amidine groups is 1. The molecule has 0 saturated carbocycles. The molecule has 0 unspecified atom stereocenters. The average Bonchev–Trinajstić information content (AvgIpc) is 2.93. The van der Waals surface area contributed by atoms with Crippen LogP contribution in [0.25, 0.3) is 6.08 Å². The molecule has 26 heavy (non-hydrogen) atoms. The molecule has 134 valence electrons. The Kier molecular flexibility index (Phi) is 5.62. The highest BCUT2D eigenvalue weighted by Crippen LogP contribution is 2.36. The van der Waals surface area contributed by atoms with Gasteiger partial charge >= 0.3 is 0 Å². The number of amides is 1. The van der Waals surface area contributed by atoms with Gasteiger partial charge in [-0.1, -0.05) is 54.4 Å². The van der Waals surface area contributed by atoms with Crippen LogP contribution in [0.1, 0.15) is 37.0 Å². The third-order valence-corrected chi connectivity index (χ3v) is 5.49. The third-order valence-electron chi connectivity index (χ3n) is 4.50. The summed E-state index contributed by atoms with van der Waals surface area (Å²) in [5.41, 5.74) is 4.31. The van der Waals surface area contributed by atoms with Crippen LogP contribution >= 0.6 is 11.8 Å². The molecule has 0 spiro atoms. The molecule has 1 heterocycles. The normalized spacial score (nSPS) is 18.8. The minimum Gasteiger partial charge on any atom is -0.284 e. The van der Waals surface area contributed by atoms with E-state index in [2.05, 4.69) is 39.8 Å². The summed E-state index contributed by atoms with van der Waals surface area (Å²) in [6, 6.07) is 16.4. The molecule has 0 radical (unpaired) electrons. The SMILES string of the molecule is CC[C@@H](C)N1C(=O)/C(=C\c2ccc(C)cc2)SC1=Nc1ccc(C)cc1. The Balaban J connectivity index is 1.96. The second-order valence-electron chi connectivity index (χ2n) is 6.68. The van der Waals surface area contributed by atoms with E-state index in [9.17, 15) is 4.79 Å². The molecule has 0 N–H and O–H groups in total. The number of hydrogen-bond acceptors (Lipinski definition) is 3. The molecule has 0 bridgehead atoms. The maximum atomic E-state index is 13.0. The highest BCUT2D eigenvalue weighted by molar-refractivity contribution is 8.18. The van der Waals surface area contributed by atoms with Crippen LogP contribution in [0.15, 0.2) is 58.4 Å². The van der Waals surface area contributed by atoms with E-state index in [0.29, 0.717) is 0 Å². The van der Waals surface area contributed by atoms with Gasteiger partial charge in [0, 0.05) is 6.04 Å². The first kappa shape index (κ1) is 18.5. The van der Waals surface area contributed by atoms with Gasteiger partial charge in [0.2, 0.25) is 0 Å². The van der Waals surface area contributed by atoms with E-state index in [0.717, 1.165) is 27.7 Å². The van der Waals surface area contributed by atoms with Crippen molar-refractivity contribution in [3.63, 3.8) is 0 Å². The van der Waals surface area contributed by atoms with E-state index in [-0.39, 0.29) is 11.9 Å². The fourth-order valence-corrected chi connectivity index (χ4v) is 3.77. The molecule has 0 aliphatic carbocycles. The van der Waals surface area contributed by atoms with Gasteiger partial charge in [0.1, 0.15) is 0 Å². The van der Waals surface area contributed by atoms with Crippen LogP contribution in [-0.4, -0.2) is 22.0 Å². The first-order valence-electron chi connectivity index (χ1n) is 8.93. The summed E-state index contributed by atoms with van der Waals surface area (Å²) in [4.78, 5) is 20.3. The molecule has 1 aliphatic rings. The van der Waals surface area contributed by atoms with Crippen LogP contribution in [0.4, 0.5) is 5.69 Å². The van der Waals surface area contributed by atoms with E-state index < -0.39 is 0 Å². The molecule has 2 aromatic carbocycles. The summed E-state index contributed by atoms with van der Waals surface area (Å²) < 4.78 is 0. The Labute approximate surface area is 159 Å². The number of aryl methyl sites for hydroxylation is 2. The maximum absolute atomic E-state index is 13.0. The van der Waals surface area contributed by atoms with Crippen molar-refractivity contribution in [1.29, 1.82) is 0 Å². The van der Waals surface area contributed by atoms with Crippen LogP contribution in [0.3, 0.4) is 0 Å². The predicted molar refractivity (Wildman–Crippen MR) is 112 cm³/mol. The van der Waals surface area contributed by atoms with Gasteiger partial charge < -0.3 is 0 Å². The lowest BCUT2D eigenvalue weighted by Crippen LogP contribution is -2.36. The average molecular weight is 365 g/mol. The summed E-state index contributed by atoms with van der Waals surface area (Å²) in [7, 11) is 0. The van der Waals surface area contributed by atoms with Gasteiger partial charge in [0.25, 0.3) is 5.91 Å². The van der Waals surface area contributed by atoms with E-state index in [4.69, 9.17) is 4.99 Å². The van der Waals surface area contributed by atoms with Gasteiger partial charge in [0.15, 0.2) is 5.17 Å². The third kappa shape index (κ3) is 4.07. The summed E-state index contributed by atoms with van der Waals surface area (Å²) >= 11 is 1.46. The lowest BCUT2D eigenvalue weighted by Gasteiger charge is -2.22. The first-order valence-corrected chi connectivity index (χ1v) is 9.74. The van der Waals surface area contributed by atoms with Crippen molar-refractivity contribution in [2.75, 3.05) is 0 Å². The molecular weight excluding hydrogens is 340 g/mol. The summed E-state index contributed by atoms with van der Waals surface area (Å²) in [6.45, 7) is 8.27. The van der Waals surface area contributed by atoms with Gasteiger partial charge in [-0.25, -0.2) is 4.99 Å². The Hall–Kier alpha value is -2.33. The number of benzene rings is 2. The number of carbonyl (C=O) groups is 1. The Morgan fingerprint density at radius 3 is 2.19 bits per heavy atom. The van der Waals surface area contributed by atoms with Crippen molar-refractivity contribution in [2.24, 2.45) is 4.99 Å². The van der Waals surface area contributed by atoms with E-state index in [1.54, 1.807) is 0 Å². The number of rotatable bonds is 4. The smallest absolute Gasteiger partial charge is 0.266 e. The van der Waals surface area contributed by atoms with Crippen LogP contribution in [0.5, 0.6) is 0 Å². The number of aliphatic imine (C=N–C) groups is 1. The van der Waals surface area contributed by atoms with Crippen molar-refractivity contribution in [3.05, 3.63) is 70.1 Å². The number of nitrogens with zero attached hydrogens (tertiary/aromatic N) is 2. The van der Waals surface area contributed by atoms with E-state index in [1.165, 1.54) is 22.9 Å². The second kappa shape index (κ2) is 7.92. The van der Waals surface area contributed by atoms with Gasteiger partial charge in [-0.15, -0.1) is 0 Å². The maximum Gasteiger partial charge on any atom is 0.266 e. The zero-order valence-electron chi connectivity index (χ0n) is 15.7. The molecule has 3 nitrogen and oxygen atoms in total. The molecule has 1 atom stereocenters. The van der Waals surface area contributed by atoms with E-state index >= 15 is 0 Å². The van der Waals surface area contributed by atoms with Crippen LogP contribution in [0, 0.1) is 13.8 Å². The molecule has 1 saturated heterocycles. The van der Waals surface area contributed by atoms with Crippen molar-refractivity contribution in [2.45, 2.75) is 40.2 Å². The van der Waals surface area contributed by atoms with Gasteiger partial charge in [0.05, 0.1) is 10.6 Å². The molecule has 4 heteroatoms. The van der Waals surface area contributed by atoms with Gasteiger partial charge in [-0.05, 0) is 62.7 Å². The van der Waals surface area contributed by atoms with Crippen molar-refractivity contribution in [1.82, 2.24) is 4.90 Å². The second-order valence-corrected chi connectivity index (χ2v) is 7.69. The highest BCUT2D eigenvalue weighted by Gasteiger charge is 2.36. The first-order chi connectivity index (χ1) is 12.5. The van der Waals surface area contributed by atoms with Crippen molar-refractivity contribution in [3.8, 4) is 0 Å². The number of hydrogen-bond donors (Lipinski definition) is 0. The zero-order chi connectivity index (χ0) is 18.7. The minimum atomic E-state index is 0.0378. The lowest BCUT2D eigenvalue weighted by atomic mass is 10.1. The monoisotopic (exact) mass is 364 g/mol. The van der Waals surface area contributed by atoms with Crippen LogP contribution in [0.2, 0.25) is 0 Å². The van der Waals surface area contributed by atoms with Crippen LogP contribution < -0.4 is 0 Å². The minimum absolute atomic E-state index is 0.0378. The van der Waals surface area contributed by atoms with E-state index in [1.807, 2.05) is 47.4 Å². The molecular formula is C22H24N2OS. The largest absolute Gasteiger partial charge is 0.284 e. The Bertz CT molecular complexity index is 851. The highest BCUT2D eigenvalue weighted by atomic mass is 32.2. The fourth-order valence-electron chi connectivity index (χ4n) is 2.68. The predicted octanol–water partition coefficient (Wildman–Crippen LogP) is 5.71. The molecule has 1 fully saturated rings. The van der Waals surface area contributed by atoms with Crippen molar-refractivity contribution >= 4 is 34.6 Å². The molecule has 1 aliphatic heterocycles. The quantitative estimate of drug-likeness (QED) is 0.651. The van der Waals surface area contributed by atoms with Crippen molar-refractivity contribution < 1.29 is 4.79 Å². The standard InChI is InChI=1S/C22H24N2OS/c1-5-17(4)24-21(25)20(14-18-10-6-15(2)7-11-18)26-22(24)23-19-12-8-16(3)9-13-19/h6-14,17H,5H2,1-4H3/b20-14+,23-22?/t17-/m1/s1. The topological polar surface area (TPSA) is 32.7 Å². The molecule has 0 aromatic heterocycles. The van der Waals surface area contributed by atoms with Gasteiger partial charge in [-0.2, -0.15) is 0 Å². The molecule has 1 amide bonds. The summed E-state index contributed by atoms with van der Waals surface area (Å²) in [5, 5.41) is 0.756. The fraction of sp³-hybridized carbons (Fsp3) is 0.273. The summed E-state index contributed by atoms with van der Waals surface area (Å²) in [5.74, 6) is 0.0378. The van der Waals surface area contributed by atoms with Crippen LogP contribution in [-0.2, 0) is 4.79 Å². The van der Waals surface area contributed by atoms with Gasteiger partial charge in [-0.3, -0.25) is 9.69 Å². The number of carbonyl (C=O) groups excluding carboxylic acids is 1. The Morgan fingerprint density at radius 2 is 1.62 bits per heavy atom. The zero-order valence-corrected chi connectivity index (χ0v) is 16.5. The molecule has 2 aromatic rings.